The van der Waals surface area contributed by atoms with Gasteiger partial charge in [-0.1, -0.05) is 11.6 Å². The molecule has 0 radical (unpaired) electrons. The summed E-state index contributed by atoms with van der Waals surface area (Å²) in [6.45, 7) is 3.94. The van der Waals surface area contributed by atoms with Gasteiger partial charge < -0.3 is 19.5 Å². The van der Waals surface area contributed by atoms with E-state index >= 15 is 0 Å². The Morgan fingerprint density at radius 1 is 1.22 bits per heavy atom. The van der Waals surface area contributed by atoms with Crippen LogP contribution in [0, 0.1) is 13.8 Å². The van der Waals surface area contributed by atoms with Crippen LogP contribution in [0.1, 0.15) is 37.9 Å². The lowest BCUT2D eigenvalue weighted by Crippen LogP contribution is -2.15. The fraction of sp³-hybridized carbons (Fsp3) is 0.200. The standard InChI is InChI=1S/C20H19ClN2O4/c1-12-8-16(13(2)23(12)10-15-4-3-7-26-15)19(24)11-27-20(25)14-5-6-17(21)18(22)9-14/h3-9H,10-11,22H2,1-2H3. The minimum atomic E-state index is -0.629. The van der Waals surface area contributed by atoms with Gasteiger partial charge in [0.2, 0.25) is 5.78 Å². The molecule has 0 aliphatic rings. The highest BCUT2D eigenvalue weighted by Gasteiger charge is 2.18. The molecule has 0 saturated carbocycles. The Balaban J connectivity index is 1.69. The molecule has 0 saturated heterocycles. The lowest BCUT2D eigenvalue weighted by Gasteiger charge is -2.08. The zero-order chi connectivity index (χ0) is 19.6. The van der Waals surface area contributed by atoms with Gasteiger partial charge in [-0.15, -0.1) is 0 Å². The maximum atomic E-state index is 12.5. The normalized spacial score (nSPS) is 10.8. The number of carbonyl (C=O) groups excluding carboxylic acids is 2. The average Bonchev–Trinajstić information content (AvgIpc) is 3.25. The number of esters is 1. The molecule has 0 atom stereocenters. The molecular formula is C20H19ClN2O4. The Kier molecular flexibility index (Phi) is 5.37. The molecule has 6 nitrogen and oxygen atoms in total. The number of halogens is 1. The van der Waals surface area contributed by atoms with E-state index in [2.05, 4.69) is 0 Å². The number of aromatic nitrogens is 1. The van der Waals surface area contributed by atoms with E-state index in [1.54, 1.807) is 12.3 Å². The minimum absolute atomic E-state index is 0.244. The first-order valence-corrected chi connectivity index (χ1v) is 8.69. The zero-order valence-electron chi connectivity index (χ0n) is 15.0. The topological polar surface area (TPSA) is 87.5 Å². The van der Waals surface area contributed by atoms with Gasteiger partial charge in [0.15, 0.2) is 6.61 Å². The van der Waals surface area contributed by atoms with Gasteiger partial charge in [-0.2, -0.15) is 0 Å². The number of benzene rings is 1. The first-order chi connectivity index (χ1) is 12.9. The van der Waals surface area contributed by atoms with Gasteiger partial charge in [-0.05, 0) is 50.2 Å². The van der Waals surface area contributed by atoms with Gasteiger partial charge in [0.1, 0.15) is 5.76 Å². The molecular weight excluding hydrogens is 368 g/mol. The van der Waals surface area contributed by atoms with Crippen LogP contribution in [0.3, 0.4) is 0 Å². The van der Waals surface area contributed by atoms with Crippen LogP contribution in [0.2, 0.25) is 5.02 Å². The van der Waals surface area contributed by atoms with Crippen LogP contribution >= 0.6 is 11.6 Å². The van der Waals surface area contributed by atoms with Crippen molar-refractivity contribution in [3.63, 3.8) is 0 Å². The molecule has 0 amide bonds. The van der Waals surface area contributed by atoms with E-state index < -0.39 is 5.97 Å². The molecule has 0 fully saturated rings. The van der Waals surface area contributed by atoms with Crippen LogP contribution in [0.4, 0.5) is 5.69 Å². The lowest BCUT2D eigenvalue weighted by atomic mass is 10.1. The van der Waals surface area contributed by atoms with E-state index in [4.69, 9.17) is 26.5 Å². The number of carbonyl (C=O) groups is 2. The van der Waals surface area contributed by atoms with Crippen molar-refractivity contribution in [3.8, 4) is 0 Å². The number of hydrogen-bond donors (Lipinski definition) is 1. The Hall–Kier alpha value is -2.99. The van der Waals surface area contributed by atoms with Crippen LogP contribution in [0.5, 0.6) is 0 Å². The van der Waals surface area contributed by atoms with E-state index in [1.807, 2.05) is 30.5 Å². The third-order valence-corrected chi connectivity index (χ3v) is 4.68. The molecule has 2 heterocycles. The summed E-state index contributed by atoms with van der Waals surface area (Å²) in [6.07, 6.45) is 1.61. The number of hydrogen-bond acceptors (Lipinski definition) is 5. The second-order valence-corrected chi connectivity index (χ2v) is 6.59. The van der Waals surface area contributed by atoms with Gasteiger partial charge >= 0.3 is 5.97 Å². The van der Waals surface area contributed by atoms with Gasteiger partial charge in [0.05, 0.1) is 29.1 Å². The van der Waals surface area contributed by atoms with Crippen LogP contribution in [-0.2, 0) is 11.3 Å². The molecule has 3 rings (SSSR count). The highest BCUT2D eigenvalue weighted by molar-refractivity contribution is 6.33. The predicted molar refractivity (Wildman–Crippen MR) is 102 cm³/mol. The summed E-state index contributed by atoms with van der Waals surface area (Å²) < 4.78 is 12.5. The van der Waals surface area contributed by atoms with Gasteiger partial charge in [0.25, 0.3) is 0 Å². The number of anilines is 1. The number of rotatable bonds is 6. The molecule has 7 heteroatoms. The Labute approximate surface area is 161 Å². The van der Waals surface area contributed by atoms with Crippen molar-refractivity contribution in [2.75, 3.05) is 12.3 Å². The Morgan fingerprint density at radius 3 is 2.67 bits per heavy atom. The van der Waals surface area contributed by atoms with Crippen molar-refractivity contribution in [1.82, 2.24) is 4.57 Å². The molecule has 2 N–H and O–H groups in total. The molecule has 140 valence electrons. The average molecular weight is 387 g/mol. The second-order valence-electron chi connectivity index (χ2n) is 6.19. The van der Waals surface area contributed by atoms with Crippen molar-refractivity contribution in [2.45, 2.75) is 20.4 Å². The summed E-state index contributed by atoms with van der Waals surface area (Å²) in [4.78, 5) is 24.7. The number of nitrogens with zero attached hydrogens (tertiary/aromatic N) is 1. The first-order valence-electron chi connectivity index (χ1n) is 8.31. The van der Waals surface area contributed by atoms with Gasteiger partial charge in [0, 0.05) is 17.0 Å². The molecule has 1 aromatic carbocycles. The SMILES string of the molecule is Cc1cc(C(=O)COC(=O)c2ccc(Cl)c(N)c2)c(C)n1Cc1ccco1. The Morgan fingerprint density at radius 2 is 2.00 bits per heavy atom. The predicted octanol–water partition coefficient (Wildman–Crippen LogP) is 4.02. The van der Waals surface area contributed by atoms with Crippen molar-refractivity contribution in [2.24, 2.45) is 0 Å². The fourth-order valence-electron chi connectivity index (χ4n) is 2.85. The highest BCUT2D eigenvalue weighted by atomic mass is 35.5. The van der Waals surface area contributed by atoms with Crippen LogP contribution < -0.4 is 5.73 Å². The summed E-state index contributed by atoms with van der Waals surface area (Å²) in [5.41, 5.74) is 8.43. The van der Waals surface area contributed by atoms with E-state index in [1.165, 1.54) is 18.2 Å². The third kappa shape index (κ3) is 4.06. The van der Waals surface area contributed by atoms with E-state index in [9.17, 15) is 9.59 Å². The largest absolute Gasteiger partial charge is 0.467 e. The summed E-state index contributed by atoms with van der Waals surface area (Å²) in [6, 6.07) is 9.91. The molecule has 0 bridgehead atoms. The second kappa shape index (κ2) is 7.72. The van der Waals surface area contributed by atoms with Crippen LogP contribution in [0.15, 0.2) is 47.1 Å². The number of nitrogens with two attached hydrogens (primary N) is 1. The molecule has 0 aliphatic carbocycles. The Bertz CT molecular complexity index is 990. The smallest absolute Gasteiger partial charge is 0.338 e. The van der Waals surface area contributed by atoms with E-state index in [0.717, 1.165) is 17.1 Å². The molecule has 0 unspecified atom stereocenters. The minimum Gasteiger partial charge on any atom is -0.467 e. The van der Waals surface area contributed by atoms with Gasteiger partial charge in [-0.3, -0.25) is 4.79 Å². The monoisotopic (exact) mass is 386 g/mol. The molecule has 27 heavy (non-hydrogen) atoms. The van der Waals surface area contributed by atoms with Crippen molar-refractivity contribution >= 4 is 29.0 Å². The number of furan rings is 1. The molecule has 2 aromatic heterocycles. The number of nitrogen functional groups attached to an aromatic ring is 1. The lowest BCUT2D eigenvalue weighted by molar-refractivity contribution is 0.0474. The van der Waals surface area contributed by atoms with E-state index in [-0.39, 0.29) is 23.6 Å². The number of Topliss-reactive ketones (excluding diaryl/α,β-unsaturated/α-hetero) is 1. The summed E-state index contributed by atoms with van der Waals surface area (Å²) in [5.74, 6) is -0.109. The third-order valence-electron chi connectivity index (χ3n) is 4.33. The molecule has 3 aromatic rings. The zero-order valence-corrected chi connectivity index (χ0v) is 15.7. The fourth-order valence-corrected chi connectivity index (χ4v) is 2.97. The highest BCUT2D eigenvalue weighted by Crippen LogP contribution is 2.21. The summed E-state index contributed by atoms with van der Waals surface area (Å²) in [7, 11) is 0. The van der Waals surface area contributed by atoms with Crippen LogP contribution in [-0.4, -0.2) is 22.9 Å². The van der Waals surface area contributed by atoms with Crippen LogP contribution in [0.25, 0.3) is 0 Å². The van der Waals surface area contributed by atoms with E-state index in [0.29, 0.717) is 17.1 Å². The van der Waals surface area contributed by atoms with Crippen molar-refractivity contribution in [3.05, 3.63) is 76.0 Å². The quantitative estimate of drug-likeness (QED) is 0.392. The van der Waals surface area contributed by atoms with Crippen molar-refractivity contribution < 1.29 is 18.7 Å². The van der Waals surface area contributed by atoms with Gasteiger partial charge in [-0.25, -0.2) is 4.79 Å². The number of ketones is 1. The summed E-state index contributed by atoms with van der Waals surface area (Å²) in [5, 5.41) is 0.353. The maximum absolute atomic E-state index is 12.5. The molecule has 0 spiro atoms. The molecule has 0 aliphatic heterocycles. The number of aryl methyl sites for hydroxylation is 1. The summed E-state index contributed by atoms with van der Waals surface area (Å²) >= 11 is 5.84. The first kappa shape index (κ1) is 18.8. The maximum Gasteiger partial charge on any atom is 0.338 e. The number of ether oxygens (including phenoxy) is 1. The van der Waals surface area contributed by atoms with Crippen molar-refractivity contribution in [1.29, 1.82) is 0 Å².